The fourth-order valence-corrected chi connectivity index (χ4v) is 0.834. The van der Waals surface area contributed by atoms with Gasteiger partial charge in [0, 0.05) is 5.33 Å². The molecule has 4 nitrogen and oxygen atoms in total. The molecule has 0 heterocycles. The van der Waals surface area contributed by atoms with Crippen molar-refractivity contribution in [2.24, 2.45) is 0 Å². The second-order valence-corrected chi connectivity index (χ2v) is 3.40. The molecule has 7 heteroatoms. The summed E-state index contributed by atoms with van der Waals surface area (Å²) < 4.78 is 14.1. The van der Waals surface area contributed by atoms with Crippen LogP contribution >= 0.6 is 23.8 Å². The van der Waals surface area contributed by atoms with Crippen LogP contribution < -0.4 is 29.6 Å². The molecule has 0 radical (unpaired) electrons. The summed E-state index contributed by atoms with van der Waals surface area (Å²) in [7, 11) is -4.22. The van der Waals surface area contributed by atoms with Crippen LogP contribution in [0, 0.1) is 0 Å². The maximum absolute atomic E-state index is 9.96. The van der Waals surface area contributed by atoms with E-state index in [9.17, 15) is 4.57 Å². The molecular formula is C3H9BrNaO4P. The van der Waals surface area contributed by atoms with Gasteiger partial charge in [-0.3, -0.25) is 4.52 Å². The maximum atomic E-state index is 9.96. The van der Waals surface area contributed by atoms with E-state index in [0.29, 0.717) is 11.8 Å². The topological polar surface area (TPSA) is 66.8 Å². The largest absolute Gasteiger partial charge is 1.00 e. The minimum absolute atomic E-state index is 0. The maximum Gasteiger partial charge on any atom is 1.00 e. The number of hydrogen-bond donors (Lipinski definition) is 2. The summed E-state index contributed by atoms with van der Waals surface area (Å²) >= 11 is 3.08. The van der Waals surface area contributed by atoms with E-state index in [1.807, 2.05) is 0 Å². The molecule has 0 saturated heterocycles. The summed E-state index contributed by atoms with van der Waals surface area (Å²) in [6, 6.07) is 0. The van der Waals surface area contributed by atoms with Gasteiger partial charge in [-0.25, -0.2) is 4.57 Å². The van der Waals surface area contributed by atoms with Crippen LogP contribution in [0.2, 0.25) is 0 Å². The summed E-state index contributed by atoms with van der Waals surface area (Å²) in [6.07, 6.45) is 0.602. The zero-order valence-electron chi connectivity index (χ0n) is 6.66. The van der Waals surface area contributed by atoms with Crippen LogP contribution in [-0.2, 0) is 9.09 Å². The van der Waals surface area contributed by atoms with Gasteiger partial charge in [0.25, 0.3) is 0 Å². The smallest absolute Gasteiger partial charge is 1.00 e. The average Bonchev–Trinajstić information content (AvgIpc) is 1.63. The first-order chi connectivity index (χ1) is 4.06. The van der Waals surface area contributed by atoms with Gasteiger partial charge in [-0.15, -0.1) is 0 Å². The Labute approximate surface area is 91.5 Å². The zero-order valence-corrected chi connectivity index (χ0v) is 10.1. The minimum Gasteiger partial charge on any atom is -1.00 e. The predicted octanol–water partition coefficient (Wildman–Crippen LogP) is -2.00. The van der Waals surface area contributed by atoms with Crippen molar-refractivity contribution in [1.82, 2.24) is 0 Å². The van der Waals surface area contributed by atoms with E-state index in [4.69, 9.17) is 9.79 Å². The van der Waals surface area contributed by atoms with E-state index >= 15 is 0 Å². The molecule has 0 aliphatic rings. The third-order valence-corrected chi connectivity index (χ3v) is 1.62. The predicted molar refractivity (Wildman–Crippen MR) is 37.5 cm³/mol. The standard InChI is InChI=1S/C3H8BrO4P.Na.H/c4-2-1-3-8-9(5,6)7;;/h1-3H2,(H2,5,6,7);;/q;+1;-1. The Hall–Kier alpha value is 1.59. The Bertz CT molecular complexity index is 120. The molecule has 0 aromatic rings. The Balaban J connectivity index is -0.000000320. The van der Waals surface area contributed by atoms with Gasteiger partial charge in [-0.05, 0) is 6.42 Å². The first-order valence-electron chi connectivity index (χ1n) is 2.32. The second-order valence-electron chi connectivity index (χ2n) is 1.37. The van der Waals surface area contributed by atoms with Crippen LogP contribution in [0.1, 0.15) is 7.85 Å². The second kappa shape index (κ2) is 7.25. The monoisotopic (exact) mass is 242 g/mol. The molecule has 0 saturated carbocycles. The van der Waals surface area contributed by atoms with Crippen molar-refractivity contribution < 1.29 is 49.9 Å². The molecule has 0 aliphatic heterocycles. The fourth-order valence-electron chi connectivity index (χ4n) is 0.238. The van der Waals surface area contributed by atoms with E-state index in [1.165, 1.54) is 0 Å². The van der Waals surface area contributed by atoms with Crippen LogP contribution in [0.5, 0.6) is 0 Å². The molecule has 0 aromatic heterocycles. The first kappa shape index (κ1) is 14.1. The van der Waals surface area contributed by atoms with Crippen LogP contribution in [-0.4, -0.2) is 21.7 Å². The van der Waals surface area contributed by atoms with Gasteiger partial charge < -0.3 is 11.2 Å². The Morgan fingerprint density at radius 3 is 2.40 bits per heavy atom. The fraction of sp³-hybridized carbons (Fsp3) is 1.00. The Morgan fingerprint density at radius 1 is 1.60 bits per heavy atom. The van der Waals surface area contributed by atoms with Gasteiger partial charge in [0.15, 0.2) is 0 Å². The Morgan fingerprint density at radius 2 is 2.10 bits per heavy atom. The summed E-state index contributed by atoms with van der Waals surface area (Å²) in [5.74, 6) is 0. The molecule has 0 aliphatic carbocycles. The first-order valence-corrected chi connectivity index (χ1v) is 4.97. The molecule has 58 valence electrons. The van der Waals surface area contributed by atoms with Crippen molar-refractivity contribution in [1.29, 1.82) is 0 Å². The quantitative estimate of drug-likeness (QED) is 0.259. The van der Waals surface area contributed by atoms with Gasteiger partial charge >= 0.3 is 37.4 Å². The van der Waals surface area contributed by atoms with Crippen LogP contribution in [0.25, 0.3) is 0 Å². The molecule has 0 fully saturated rings. The van der Waals surface area contributed by atoms with E-state index in [2.05, 4.69) is 20.5 Å². The molecular weight excluding hydrogens is 234 g/mol. The number of phosphoric ester groups is 1. The minimum atomic E-state index is -4.22. The number of phosphoric acid groups is 1. The number of hydrogen-bond acceptors (Lipinski definition) is 2. The van der Waals surface area contributed by atoms with Crippen molar-refractivity contribution in [3.63, 3.8) is 0 Å². The van der Waals surface area contributed by atoms with Gasteiger partial charge in [0.05, 0.1) is 6.61 Å². The third kappa shape index (κ3) is 12.3. The van der Waals surface area contributed by atoms with Crippen LogP contribution in [0.4, 0.5) is 0 Å². The van der Waals surface area contributed by atoms with Gasteiger partial charge in [0.1, 0.15) is 0 Å². The molecule has 10 heavy (non-hydrogen) atoms. The molecule has 0 bridgehead atoms. The molecule has 0 aromatic carbocycles. The molecule has 0 amide bonds. The third-order valence-electron chi connectivity index (χ3n) is 0.537. The van der Waals surface area contributed by atoms with Crippen LogP contribution in [0.3, 0.4) is 0 Å². The summed E-state index contributed by atoms with van der Waals surface area (Å²) in [4.78, 5) is 16.2. The summed E-state index contributed by atoms with van der Waals surface area (Å²) in [5, 5.41) is 0.688. The molecule has 0 spiro atoms. The summed E-state index contributed by atoms with van der Waals surface area (Å²) in [5.41, 5.74) is 0. The zero-order chi connectivity index (χ0) is 7.33. The van der Waals surface area contributed by atoms with E-state index in [0.717, 1.165) is 0 Å². The van der Waals surface area contributed by atoms with E-state index in [1.54, 1.807) is 0 Å². The van der Waals surface area contributed by atoms with Crippen LogP contribution in [0.15, 0.2) is 0 Å². The van der Waals surface area contributed by atoms with Gasteiger partial charge in [-0.2, -0.15) is 0 Å². The van der Waals surface area contributed by atoms with Crippen molar-refractivity contribution in [2.45, 2.75) is 6.42 Å². The number of rotatable bonds is 4. The van der Waals surface area contributed by atoms with Crippen molar-refractivity contribution in [2.75, 3.05) is 11.9 Å². The molecule has 0 rings (SSSR count). The molecule has 0 atom stereocenters. The van der Waals surface area contributed by atoms with Gasteiger partial charge in [-0.1, -0.05) is 15.9 Å². The Kier molecular flexibility index (Phi) is 10.2. The SMILES string of the molecule is O=P(O)(O)OCCCBr.[H-].[Na+]. The number of halogens is 1. The normalized spacial score (nSPS) is 10.7. The molecule has 2 N–H and O–H groups in total. The summed E-state index contributed by atoms with van der Waals surface area (Å²) in [6.45, 7) is 0.0928. The van der Waals surface area contributed by atoms with E-state index < -0.39 is 7.82 Å². The van der Waals surface area contributed by atoms with Crippen molar-refractivity contribution in [3.8, 4) is 0 Å². The molecule has 0 unspecified atom stereocenters. The van der Waals surface area contributed by atoms with Gasteiger partial charge in [0.2, 0.25) is 0 Å². The average molecular weight is 243 g/mol. The van der Waals surface area contributed by atoms with Crippen molar-refractivity contribution in [3.05, 3.63) is 0 Å². The number of alkyl halides is 1. The van der Waals surface area contributed by atoms with Crippen molar-refractivity contribution >= 4 is 23.8 Å². The van der Waals surface area contributed by atoms with E-state index in [-0.39, 0.29) is 37.6 Å².